The van der Waals surface area contributed by atoms with Crippen molar-refractivity contribution in [1.82, 2.24) is 24.4 Å². The van der Waals surface area contributed by atoms with Gasteiger partial charge in [0.15, 0.2) is 0 Å². The predicted molar refractivity (Wildman–Crippen MR) is 103 cm³/mol. The zero-order valence-electron chi connectivity index (χ0n) is 15.4. The maximum Gasteiger partial charge on any atom is 0.273 e. The minimum Gasteiger partial charge on any atom is -0.346 e. The van der Waals surface area contributed by atoms with Crippen LogP contribution in [-0.4, -0.2) is 43.4 Å². The summed E-state index contributed by atoms with van der Waals surface area (Å²) < 4.78 is 1.85. The lowest BCUT2D eigenvalue weighted by Gasteiger charge is -2.34. The number of carbonyl (C=O) groups is 1. The van der Waals surface area contributed by atoms with E-state index >= 15 is 0 Å². The van der Waals surface area contributed by atoms with Gasteiger partial charge in [-0.3, -0.25) is 14.2 Å². The van der Waals surface area contributed by atoms with E-state index in [1.165, 1.54) is 0 Å². The van der Waals surface area contributed by atoms with Crippen molar-refractivity contribution in [2.45, 2.75) is 44.1 Å². The van der Waals surface area contributed by atoms with Crippen molar-refractivity contribution in [2.75, 3.05) is 13.1 Å². The maximum atomic E-state index is 13.4. The molecule has 1 amide bonds. The smallest absolute Gasteiger partial charge is 0.273 e. The summed E-state index contributed by atoms with van der Waals surface area (Å²) in [7, 11) is 0. The molecule has 1 saturated carbocycles. The number of piperidine rings is 1. The highest BCUT2D eigenvalue weighted by Gasteiger charge is 2.33. The fourth-order valence-electron chi connectivity index (χ4n) is 4.26. The zero-order chi connectivity index (χ0) is 19.3. The van der Waals surface area contributed by atoms with Crippen molar-refractivity contribution in [2.24, 2.45) is 0 Å². The minimum atomic E-state index is -0.172. The van der Waals surface area contributed by atoms with Gasteiger partial charge in [0.2, 0.25) is 5.91 Å². The van der Waals surface area contributed by atoms with Gasteiger partial charge in [-0.05, 0) is 31.7 Å². The fourth-order valence-corrected chi connectivity index (χ4v) is 4.26. The number of fused-ring (bicyclic) bond motifs is 3. The molecule has 1 N–H and O–H groups in total. The molecular weight excluding hydrogens is 356 g/mol. The van der Waals surface area contributed by atoms with E-state index in [1.807, 2.05) is 22.9 Å². The second-order valence-corrected chi connectivity index (χ2v) is 7.65. The second-order valence-electron chi connectivity index (χ2n) is 7.65. The summed E-state index contributed by atoms with van der Waals surface area (Å²) in [6.45, 7) is 1.07. The summed E-state index contributed by atoms with van der Waals surface area (Å²) in [6.07, 6.45) is 7.00. The van der Waals surface area contributed by atoms with Crippen LogP contribution in [0.4, 0.5) is 0 Å². The number of rotatable bonds is 3. The normalized spacial score (nSPS) is 19.8. The first-order chi connectivity index (χ1) is 13.7. The van der Waals surface area contributed by atoms with Gasteiger partial charge in [-0.25, -0.2) is 9.97 Å². The van der Waals surface area contributed by atoms with Gasteiger partial charge in [0.25, 0.3) is 5.56 Å². The molecule has 1 aliphatic heterocycles. The van der Waals surface area contributed by atoms with Gasteiger partial charge in [-0.1, -0.05) is 0 Å². The largest absolute Gasteiger partial charge is 0.346 e. The van der Waals surface area contributed by atoms with Gasteiger partial charge in [-0.15, -0.1) is 0 Å². The van der Waals surface area contributed by atoms with E-state index < -0.39 is 0 Å². The minimum absolute atomic E-state index is 0.0525. The maximum absolute atomic E-state index is 13.4. The topological polar surface area (TPSA) is 108 Å². The molecule has 8 nitrogen and oxygen atoms in total. The van der Waals surface area contributed by atoms with Crippen LogP contribution in [0.1, 0.15) is 49.8 Å². The lowest BCUT2D eigenvalue weighted by atomic mass is 10.0. The second kappa shape index (κ2) is 6.44. The van der Waals surface area contributed by atoms with Crippen LogP contribution in [-0.2, 0) is 4.79 Å². The molecule has 142 valence electrons. The Labute approximate surface area is 160 Å². The van der Waals surface area contributed by atoms with Gasteiger partial charge in [-0.2, -0.15) is 5.26 Å². The lowest BCUT2D eigenvalue weighted by Crippen LogP contribution is -2.43. The van der Waals surface area contributed by atoms with Crippen LogP contribution in [0.25, 0.3) is 22.1 Å². The van der Waals surface area contributed by atoms with E-state index in [0.717, 1.165) is 42.2 Å². The molecule has 1 atom stereocenters. The van der Waals surface area contributed by atoms with Gasteiger partial charge < -0.3 is 9.88 Å². The first-order valence-electron chi connectivity index (χ1n) is 9.70. The van der Waals surface area contributed by atoms with E-state index in [2.05, 4.69) is 15.0 Å². The molecule has 2 fully saturated rings. The van der Waals surface area contributed by atoms with E-state index in [1.54, 1.807) is 11.1 Å². The van der Waals surface area contributed by atoms with E-state index in [-0.39, 0.29) is 29.8 Å². The Morgan fingerprint density at radius 2 is 2.21 bits per heavy atom. The third-order valence-corrected chi connectivity index (χ3v) is 5.77. The number of carbonyl (C=O) groups excluding carboxylic acids is 1. The first-order valence-corrected chi connectivity index (χ1v) is 9.70. The standard InChI is InChI=1S/C20H20N6O2/c21-7-5-16(27)25-9-1-2-13(11-25)26-18-14-6-8-22-19(14)23-10-15(18)24-17(20(26)28)12-3-4-12/h6,8,10,12-13H,1-5,9,11H2,(H,22,23)/t13-/m1/s1. The van der Waals surface area contributed by atoms with Crippen LogP contribution in [0.15, 0.2) is 23.3 Å². The Morgan fingerprint density at radius 1 is 1.36 bits per heavy atom. The molecule has 4 heterocycles. The summed E-state index contributed by atoms with van der Waals surface area (Å²) in [6, 6.07) is 3.72. The molecule has 0 spiro atoms. The number of pyridine rings is 1. The molecule has 0 radical (unpaired) electrons. The number of likely N-dealkylation sites (tertiary alicyclic amines) is 1. The molecule has 0 aromatic carbocycles. The zero-order valence-corrected chi connectivity index (χ0v) is 15.4. The number of nitriles is 1. The van der Waals surface area contributed by atoms with E-state index in [9.17, 15) is 9.59 Å². The number of aromatic nitrogens is 4. The van der Waals surface area contributed by atoms with Gasteiger partial charge in [0, 0.05) is 30.6 Å². The van der Waals surface area contributed by atoms with Crippen LogP contribution in [0.2, 0.25) is 0 Å². The van der Waals surface area contributed by atoms with Gasteiger partial charge in [0.05, 0.1) is 23.8 Å². The third-order valence-electron chi connectivity index (χ3n) is 5.77. The Bertz CT molecular complexity index is 1180. The fraction of sp³-hybridized carbons (Fsp3) is 0.450. The molecule has 8 heteroatoms. The highest BCUT2D eigenvalue weighted by Crippen LogP contribution is 2.38. The highest BCUT2D eigenvalue weighted by atomic mass is 16.2. The summed E-state index contributed by atoms with van der Waals surface area (Å²) in [5.74, 6) is 0.0551. The molecule has 3 aromatic heterocycles. The van der Waals surface area contributed by atoms with Crippen molar-refractivity contribution in [1.29, 1.82) is 5.26 Å². The van der Waals surface area contributed by atoms with E-state index in [4.69, 9.17) is 5.26 Å². The lowest BCUT2D eigenvalue weighted by molar-refractivity contribution is -0.131. The van der Waals surface area contributed by atoms with Crippen LogP contribution in [0.5, 0.6) is 0 Å². The summed E-state index contributed by atoms with van der Waals surface area (Å²) in [5.41, 5.74) is 2.78. The molecule has 2 aliphatic rings. The monoisotopic (exact) mass is 376 g/mol. The first kappa shape index (κ1) is 16.9. The number of hydrogen-bond acceptors (Lipinski definition) is 5. The van der Waals surface area contributed by atoms with Crippen molar-refractivity contribution < 1.29 is 4.79 Å². The summed E-state index contributed by atoms with van der Waals surface area (Å²) >= 11 is 0. The SMILES string of the molecule is N#CCC(=O)N1CCC[C@@H](n2c(=O)c(C3CC3)nc3cnc4[nH]ccc4c32)C1. The predicted octanol–water partition coefficient (Wildman–Crippen LogP) is 2.23. The average molecular weight is 376 g/mol. The number of amides is 1. The summed E-state index contributed by atoms with van der Waals surface area (Å²) in [5, 5.41) is 9.73. The van der Waals surface area contributed by atoms with Crippen LogP contribution < -0.4 is 5.56 Å². The molecule has 1 aliphatic carbocycles. The van der Waals surface area contributed by atoms with Crippen molar-refractivity contribution in [3.05, 3.63) is 34.5 Å². The van der Waals surface area contributed by atoms with Crippen molar-refractivity contribution in [3.8, 4) is 6.07 Å². The Morgan fingerprint density at radius 3 is 3.00 bits per heavy atom. The number of H-pyrrole nitrogens is 1. The van der Waals surface area contributed by atoms with Crippen LogP contribution in [0, 0.1) is 11.3 Å². The number of hydrogen-bond donors (Lipinski definition) is 1. The molecule has 0 unspecified atom stereocenters. The molecule has 3 aromatic rings. The molecule has 0 bridgehead atoms. The van der Waals surface area contributed by atoms with Crippen LogP contribution in [0.3, 0.4) is 0 Å². The van der Waals surface area contributed by atoms with Crippen LogP contribution >= 0.6 is 0 Å². The molecular formula is C20H20N6O2. The molecule has 1 saturated heterocycles. The highest BCUT2D eigenvalue weighted by molar-refractivity contribution is 6.00. The van der Waals surface area contributed by atoms with E-state index in [0.29, 0.717) is 24.3 Å². The van der Waals surface area contributed by atoms with Gasteiger partial charge >= 0.3 is 0 Å². The number of nitrogens with zero attached hydrogens (tertiary/aromatic N) is 5. The Balaban J connectivity index is 1.69. The quantitative estimate of drug-likeness (QED) is 0.754. The van der Waals surface area contributed by atoms with Crippen molar-refractivity contribution >= 4 is 28.0 Å². The summed E-state index contributed by atoms with van der Waals surface area (Å²) in [4.78, 5) is 39.6. The number of aromatic amines is 1. The average Bonchev–Trinajstić information content (AvgIpc) is 3.44. The Hall–Kier alpha value is -3.21. The van der Waals surface area contributed by atoms with Crippen molar-refractivity contribution in [3.63, 3.8) is 0 Å². The molecule has 5 rings (SSSR count). The molecule has 28 heavy (non-hydrogen) atoms. The van der Waals surface area contributed by atoms with Gasteiger partial charge in [0.1, 0.15) is 23.3 Å². The third kappa shape index (κ3) is 2.66. The number of nitrogens with one attached hydrogen (secondary N) is 1. The Kier molecular flexibility index (Phi) is 3.90.